The Morgan fingerprint density at radius 3 is 3.00 bits per heavy atom. The average molecular weight is 322 g/mol. The molecule has 0 fully saturated rings. The fraction of sp³-hybridized carbons (Fsp3) is 0.154. The Morgan fingerprint density at radius 1 is 1.55 bits per heavy atom. The van der Waals surface area contributed by atoms with E-state index in [2.05, 4.69) is 15.5 Å². The molecule has 0 saturated carbocycles. The molecule has 0 aliphatic heterocycles. The Morgan fingerprint density at radius 2 is 2.36 bits per heavy atom. The zero-order valence-corrected chi connectivity index (χ0v) is 12.5. The second-order valence-corrected chi connectivity index (χ2v) is 4.90. The molecule has 0 saturated heterocycles. The standard InChI is InChI=1S/C13H14N4O4S/c1-20-10-4-8(2-3-9(10)21-6-12(18)19)5-15-17-13-16-11(14)7-22-13/h2-5,7H,6,14H2,1H3,(H,16,17)(H,18,19). The first-order valence-corrected chi connectivity index (χ1v) is 6.99. The number of nitrogen functional groups attached to an aromatic ring is 1. The van der Waals surface area contributed by atoms with Gasteiger partial charge in [-0.2, -0.15) is 5.10 Å². The summed E-state index contributed by atoms with van der Waals surface area (Å²) in [5, 5.41) is 14.9. The summed E-state index contributed by atoms with van der Waals surface area (Å²) < 4.78 is 10.3. The van der Waals surface area contributed by atoms with E-state index in [0.717, 1.165) is 5.56 Å². The lowest BCUT2D eigenvalue weighted by Crippen LogP contribution is -2.10. The second-order valence-electron chi connectivity index (χ2n) is 4.04. The zero-order valence-electron chi connectivity index (χ0n) is 11.6. The van der Waals surface area contributed by atoms with Crippen molar-refractivity contribution in [2.24, 2.45) is 5.10 Å². The van der Waals surface area contributed by atoms with Crippen molar-refractivity contribution in [2.75, 3.05) is 24.9 Å². The summed E-state index contributed by atoms with van der Waals surface area (Å²) in [7, 11) is 1.47. The number of thiazole rings is 1. The second kappa shape index (κ2) is 7.27. The number of carboxylic acids is 1. The zero-order chi connectivity index (χ0) is 15.9. The Kier molecular flexibility index (Phi) is 5.15. The number of nitrogens with two attached hydrogens (primary N) is 1. The van der Waals surface area contributed by atoms with Gasteiger partial charge in [0, 0.05) is 5.38 Å². The molecule has 0 bridgehead atoms. The molecular formula is C13H14N4O4S. The summed E-state index contributed by atoms with van der Waals surface area (Å²) >= 11 is 1.34. The van der Waals surface area contributed by atoms with Crippen LogP contribution in [-0.2, 0) is 4.79 Å². The normalized spacial score (nSPS) is 10.6. The predicted molar refractivity (Wildman–Crippen MR) is 83.9 cm³/mol. The number of anilines is 2. The monoisotopic (exact) mass is 322 g/mol. The van der Waals surface area contributed by atoms with Crippen LogP contribution in [0.2, 0.25) is 0 Å². The number of methoxy groups -OCH3 is 1. The smallest absolute Gasteiger partial charge is 0.341 e. The van der Waals surface area contributed by atoms with Crippen molar-refractivity contribution in [1.82, 2.24) is 4.98 Å². The Labute approximate surface area is 130 Å². The van der Waals surface area contributed by atoms with E-state index in [0.29, 0.717) is 22.4 Å². The number of hydrogen-bond donors (Lipinski definition) is 3. The van der Waals surface area contributed by atoms with Crippen molar-refractivity contribution >= 4 is 34.5 Å². The fourth-order valence-corrected chi connectivity index (χ4v) is 2.07. The lowest BCUT2D eigenvalue weighted by Gasteiger charge is -2.09. The highest BCUT2D eigenvalue weighted by Crippen LogP contribution is 2.27. The number of aromatic nitrogens is 1. The van der Waals surface area contributed by atoms with Gasteiger partial charge < -0.3 is 20.3 Å². The molecule has 1 aromatic heterocycles. The van der Waals surface area contributed by atoms with E-state index in [4.69, 9.17) is 20.3 Å². The number of nitrogens with one attached hydrogen (secondary N) is 1. The van der Waals surface area contributed by atoms with E-state index in [1.54, 1.807) is 29.8 Å². The van der Waals surface area contributed by atoms with Crippen LogP contribution in [0.4, 0.5) is 10.9 Å². The van der Waals surface area contributed by atoms with Gasteiger partial charge in [0.2, 0.25) is 5.13 Å². The van der Waals surface area contributed by atoms with Crippen LogP contribution in [-0.4, -0.2) is 36.0 Å². The van der Waals surface area contributed by atoms with Crippen LogP contribution in [0.3, 0.4) is 0 Å². The lowest BCUT2D eigenvalue weighted by molar-refractivity contribution is -0.139. The molecule has 0 radical (unpaired) electrons. The molecule has 22 heavy (non-hydrogen) atoms. The van der Waals surface area contributed by atoms with Gasteiger partial charge in [-0.1, -0.05) is 0 Å². The molecule has 1 aromatic carbocycles. The van der Waals surface area contributed by atoms with Gasteiger partial charge in [-0.3, -0.25) is 5.43 Å². The maximum absolute atomic E-state index is 10.5. The fourth-order valence-electron chi connectivity index (χ4n) is 1.52. The number of aliphatic carboxylic acids is 1. The first-order chi connectivity index (χ1) is 10.6. The highest BCUT2D eigenvalue weighted by atomic mass is 32.1. The topological polar surface area (TPSA) is 119 Å². The summed E-state index contributed by atoms with van der Waals surface area (Å²) in [5.74, 6) is 0.148. The summed E-state index contributed by atoms with van der Waals surface area (Å²) in [6.45, 7) is -0.434. The van der Waals surface area contributed by atoms with E-state index in [1.807, 2.05) is 0 Å². The summed E-state index contributed by atoms with van der Waals surface area (Å²) in [6.07, 6.45) is 1.57. The van der Waals surface area contributed by atoms with Crippen molar-refractivity contribution < 1.29 is 19.4 Å². The maximum Gasteiger partial charge on any atom is 0.341 e. The van der Waals surface area contributed by atoms with Gasteiger partial charge in [0.05, 0.1) is 13.3 Å². The minimum Gasteiger partial charge on any atom is -0.493 e. The molecule has 0 spiro atoms. The molecule has 0 aliphatic carbocycles. The van der Waals surface area contributed by atoms with Crippen molar-refractivity contribution in [3.05, 3.63) is 29.1 Å². The number of benzene rings is 1. The third kappa shape index (κ3) is 4.35. The number of rotatable bonds is 7. The molecule has 8 nitrogen and oxygen atoms in total. The Balaban J connectivity index is 2.03. The van der Waals surface area contributed by atoms with Crippen LogP contribution in [0.1, 0.15) is 5.56 Å². The Hall–Kier alpha value is -2.81. The SMILES string of the molecule is COc1cc(C=NNc2nc(N)cs2)ccc1OCC(=O)O. The van der Waals surface area contributed by atoms with E-state index in [1.165, 1.54) is 18.4 Å². The Bertz CT molecular complexity index is 686. The summed E-state index contributed by atoms with van der Waals surface area (Å²) in [5.41, 5.74) is 9.00. The molecule has 0 aliphatic rings. The molecule has 0 atom stereocenters. The molecule has 4 N–H and O–H groups in total. The van der Waals surface area contributed by atoms with Gasteiger partial charge >= 0.3 is 5.97 Å². The predicted octanol–water partition coefficient (Wildman–Crippen LogP) is 1.64. The van der Waals surface area contributed by atoms with Crippen LogP contribution in [0, 0.1) is 0 Å². The number of carboxylic acid groups (broad SMARTS) is 1. The summed E-state index contributed by atoms with van der Waals surface area (Å²) in [6, 6.07) is 5.02. The van der Waals surface area contributed by atoms with Gasteiger partial charge in [0.25, 0.3) is 0 Å². The molecule has 0 unspecified atom stereocenters. The quantitative estimate of drug-likeness (QED) is 0.523. The third-order valence-electron chi connectivity index (χ3n) is 2.43. The highest BCUT2D eigenvalue weighted by Gasteiger charge is 2.07. The number of carbonyl (C=O) groups is 1. The summed E-state index contributed by atoms with van der Waals surface area (Å²) in [4.78, 5) is 14.5. The van der Waals surface area contributed by atoms with Crippen LogP contribution in [0.15, 0.2) is 28.7 Å². The van der Waals surface area contributed by atoms with Gasteiger partial charge in [0.1, 0.15) is 5.82 Å². The van der Waals surface area contributed by atoms with Crippen molar-refractivity contribution in [2.45, 2.75) is 0 Å². The number of hydrazone groups is 1. The van der Waals surface area contributed by atoms with Gasteiger partial charge in [-0.15, -0.1) is 11.3 Å². The molecular weight excluding hydrogens is 308 g/mol. The number of ether oxygens (including phenoxy) is 2. The minimum atomic E-state index is -1.06. The first kappa shape index (κ1) is 15.6. The van der Waals surface area contributed by atoms with Crippen LogP contribution in [0.25, 0.3) is 0 Å². The van der Waals surface area contributed by atoms with Crippen molar-refractivity contribution in [3.8, 4) is 11.5 Å². The van der Waals surface area contributed by atoms with Crippen molar-refractivity contribution in [3.63, 3.8) is 0 Å². The number of nitrogens with zero attached hydrogens (tertiary/aromatic N) is 2. The largest absolute Gasteiger partial charge is 0.493 e. The van der Waals surface area contributed by atoms with E-state index < -0.39 is 12.6 Å². The lowest BCUT2D eigenvalue weighted by atomic mass is 10.2. The molecule has 0 amide bonds. The third-order valence-corrected chi connectivity index (χ3v) is 3.20. The van der Waals surface area contributed by atoms with Gasteiger partial charge in [-0.25, -0.2) is 9.78 Å². The van der Waals surface area contributed by atoms with Crippen molar-refractivity contribution in [1.29, 1.82) is 0 Å². The highest BCUT2D eigenvalue weighted by molar-refractivity contribution is 7.14. The molecule has 1 heterocycles. The van der Waals surface area contributed by atoms with Crippen LogP contribution < -0.4 is 20.6 Å². The van der Waals surface area contributed by atoms with Gasteiger partial charge in [-0.05, 0) is 23.8 Å². The average Bonchev–Trinajstić information content (AvgIpc) is 2.91. The molecule has 2 aromatic rings. The van der Waals surface area contributed by atoms with E-state index >= 15 is 0 Å². The molecule has 9 heteroatoms. The first-order valence-electron chi connectivity index (χ1n) is 6.11. The number of hydrogen-bond acceptors (Lipinski definition) is 8. The van der Waals surface area contributed by atoms with E-state index in [9.17, 15) is 4.79 Å². The molecule has 116 valence electrons. The van der Waals surface area contributed by atoms with E-state index in [-0.39, 0.29) is 0 Å². The van der Waals surface area contributed by atoms with Crippen LogP contribution in [0.5, 0.6) is 11.5 Å². The minimum absolute atomic E-state index is 0.350. The molecule has 2 rings (SSSR count). The van der Waals surface area contributed by atoms with Gasteiger partial charge in [0.15, 0.2) is 18.1 Å². The maximum atomic E-state index is 10.5. The van der Waals surface area contributed by atoms with Crippen LogP contribution >= 0.6 is 11.3 Å².